The van der Waals surface area contributed by atoms with Crippen LogP contribution in [0.4, 0.5) is 0 Å². The van der Waals surface area contributed by atoms with Crippen LogP contribution in [0.1, 0.15) is 116 Å². The number of benzene rings is 1. The molecule has 0 N–H and O–H groups in total. The lowest BCUT2D eigenvalue weighted by Gasteiger charge is -2.12. The Morgan fingerprint density at radius 2 is 1.13 bits per heavy atom. The minimum Gasteiger partial charge on any atom is -0.423 e. The van der Waals surface area contributed by atoms with E-state index in [4.69, 9.17) is 9.47 Å². The van der Waals surface area contributed by atoms with E-state index >= 15 is 0 Å². The molecule has 0 aliphatic carbocycles. The molecule has 0 radical (unpaired) electrons. The third-order valence-electron chi connectivity index (χ3n) is 5.24. The van der Waals surface area contributed by atoms with E-state index in [2.05, 4.69) is 6.92 Å². The maximum atomic E-state index is 12.1. The molecule has 0 aliphatic heterocycles. The summed E-state index contributed by atoms with van der Waals surface area (Å²) in [4.78, 5) is 24.2. The Morgan fingerprint density at radius 3 is 1.70 bits per heavy atom. The van der Waals surface area contributed by atoms with Gasteiger partial charge >= 0.3 is 11.9 Å². The lowest BCUT2D eigenvalue weighted by atomic mass is 10.0. The number of aryl methyl sites for hydroxylation is 1. The first-order valence-corrected chi connectivity index (χ1v) is 12.1. The molecule has 0 amide bonds. The highest BCUT2D eigenvalue weighted by atomic mass is 16.6. The molecule has 4 nitrogen and oxygen atoms in total. The van der Waals surface area contributed by atoms with E-state index in [1.54, 1.807) is 6.07 Å². The van der Waals surface area contributed by atoms with Gasteiger partial charge < -0.3 is 9.47 Å². The van der Waals surface area contributed by atoms with Gasteiger partial charge in [0.15, 0.2) is 11.5 Å². The molecule has 0 unspecified atom stereocenters. The van der Waals surface area contributed by atoms with E-state index in [9.17, 15) is 9.59 Å². The Balaban J connectivity index is 2.62. The van der Waals surface area contributed by atoms with Gasteiger partial charge in [-0.05, 0) is 43.4 Å². The predicted octanol–water partition coefficient (Wildman–Crippen LogP) is 7.56. The van der Waals surface area contributed by atoms with Crippen LogP contribution in [0.5, 0.6) is 11.5 Å². The summed E-state index contributed by atoms with van der Waals surface area (Å²) >= 11 is 0. The van der Waals surface area contributed by atoms with E-state index in [1.807, 2.05) is 26.0 Å². The van der Waals surface area contributed by atoms with Gasteiger partial charge in [-0.25, -0.2) is 0 Å². The van der Waals surface area contributed by atoms with Crippen LogP contribution in [0, 0.1) is 0 Å². The van der Waals surface area contributed by atoms with E-state index in [0.717, 1.165) is 44.1 Å². The highest BCUT2D eigenvalue weighted by Crippen LogP contribution is 2.30. The second kappa shape index (κ2) is 16.9. The van der Waals surface area contributed by atoms with Gasteiger partial charge in [-0.3, -0.25) is 9.59 Å². The van der Waals surface area contributed by atoms with Gasteiger partial charge in [0.2, 0.25) is 0 Å². The van der Waals surface area contributed by atoms with Gasteiger partial charge in [-0.15, -0.1) is 0 Å². The van der Waals surface area contributed by atoms with E-state index in [-0.39, 0.29) is 11.9 Å². The normalized spacial score (nSPS) is 10.8. The molecule has 0 aliphatic rings. The van der Waals surface area contributed by atoms with Crippen molar-refractivity contribution in [2.45, 2.75) is 117 Å². The standard InChI is InChI=1S/C26H42O4/c1-4-7-10-11-12-13-14-15-16-22-19-20-23(29-25(27)17-8-5-2)24(21-22)30-26(28)18-9-6-3/h19-21H,4-18H2,1-3H3. The summed E-state index contributed by atoms with van der Waals surface area (Å²) in [7, 11) is 0. The Hall–Kier alpha value is -1.84. The maximum absolute atomic E-state index is 12.1. The van der Waals surface area contributed by atoms with E-state index in [0.29, 0.717) is 24.3 Å². The van der Waals surface area contributed by atoms with Crippen LogP contribution in [0.2, 0.25) is 0 Å². The fraction of sp³-hybridized carbons (Fsp3) is 0.692. The fourth-order valence-corrected chi connectivity index (χ4v) is 3.32. The molecule has 30 heavy (non-hydrogen) atoms. The number of unbranched alkanes of at least 4 members (excludes halogenated alkanes) is 9. The first-order chi connectivity index (χ1) is 14.6. The number of ether oxygens (including phenoxy) is 2. The van der Waals surface area contributed by atoms with Crippen molar-refractivity contribution < 1.29 is 19.1 Å². The summed E-state index contributed by atoms with van der Waals surface area (Å²) < 4.78 is 11.0. The first kappa shape index (κ1) is 26.2. The van der Waals surface area contributed by atoms with E-state index < -0.39 is 0 Å². The van der Waals surface area contributed by atoms with Gasteiger partial charge in [0.25, 0.3) is 0 Å². The number of carbonyl (C=O) groups excluding carboxylic acids is 2. The average Bonchev–Trinajstić information content (AvgIpc) is 2.74. The third kappa shape index (κ3) is 12.0. The lowest BCUT2D eigenvalue weighted by molar-refractivity contribution is -0.137. The van der Waals surface area contributed by atoms with Crippen molar-refractivity contribution in [1.29, 1.82) is 0 Å². The van der Waals surface area contributed by atoms with Crippen LogP contribution in [-0.4, -0.2) is 11.9 Å². The zero-order valence-corrected chi connectivity index (χ0v) is 19.5. The molecular formula is C26H42O4. The number of hydrogen-bond acceptors (Lipinski definition) is 4. The lowest BCUT2D eigenvalue weighted by Crippen LogP contribution is -2.12. The van der Waals surface area contributed by atoms with Crippen LogP contribution < -0.4 is 9.47 Å². The van der Waals surface area contributed by atoms with Gasteiger partial charge in [0.1, 0.15) is 0 Å². The van der Waals surface area contributed by atoms with Crippen LogP contribution >= 0.6 is 0 Å². The maximum Gasteiger partial charge on any atom is 0.311 e. The number of esters is 2. The summed E-state index contributed by atoms with van der Waals surface area (Å²) in [6.07, 6.45) is 15.4. The van der Waals surface area contributed by atoms with Crippen molar-refractivity contribution in [3.63, 3.8) is 0 Å². The topological polar surface area (TPSA) is 52.6 Å². The quantitative estimate of drug-likeness (QED) is 0.149. The molecule has 1 aromatic rings. The third-order valence-corrected chi connectivity index (χ3v) is 5.24. The van der Waals surface area contributed by atoms with Crippen molar-refractivity contribution in [2.24, 2.45) is 0 Å². The van der Waals surface area contributed by atoms with Crippen molar-refractivity contribution in [1.82, 2.24) is 0 Å². The zero-order chi connectivity index (χ0) is 22.0. The molecule has 1 aromatic carbocycles. The first-order valence-electron chi connectivity index (χ1n) is 12.1. The molecule has 0 heterocycles. The van der Waals surface area contributed by atoms with Crippen molar-refractivity contribution in [3.8, 4) is 11.5 Å². The van der Waals surface area contributed by atoms with Crippen LogP contribution in [0.25, 0.3) is 0 Å². The Labute approximate surface area is 183 Å². The summed E-state index contributed by atoms with van der Waals surface area (Å²) in [6, 6.07) is 5.62. The SMILES string of the molecule is CCCCCCCCCCc1ccc(OC(=O)CCCC)c(OC(=O)CCCC)c1. The van der Waals surface area contributed by atoms with Gasteiger partial charge in [0, 0.05) is 12.8 Å². The monoisotopic (exact) mass is 418 g/mol. The van der Waals surface area contributed by atoms with Crippen molar-refractivity contribution in [2.75, 3.05) is 0 Å². The zero-order valence-electron chi connectivity index (χ0n) is 19.5. The molecule has 170 valence electrons. The molecule has 1 rings (SSSR count). The molecule has 0 atom stereocenters. The number of carbonyl (C=O) groups is 2. The predicted molar refractivity (Wildman–Crippen MR) is 123 cm³/mol. The Bertz CT molecular complexity index is 609. The number of hydrogen-bond donors (Lipinski definition) is 0. The van der Waals surface area contributed by atoms with Gasteiger partial charge in [0.05, 0.1) is 0 Å². The second-order valence-corrected chi connectivity index (χ2v) is 8.16. The highest BCUT2D eigenvalue weighted by Gasteiger charge is 2.14. The molecule has 0 bridgehead atoms. The van der Waals surface area contributed by atoms with Crippen LogP contribution in [0.3, 0.4) is 0 Å². The summed E-state index contributed by atoms with van der Waals surface area (Å²) in [5, 5.41) is 0. The minimum absolute atomic E-state index is 0.271. The van der Waals surface area contributed by atoms with Crippen LogP contribution in [-0.2, 0) is 16.0 Å². The van der Waals surface area contributed by atoms with E-state index in [1.165, 1.54) is 44.9 Å². The molecule has 0 fully saturated rings. The Morgan fingerprint density at radius 1 is 0.633 bits per heavy atom. The summed E-state index contributed by atoms with van der Waals surface area (Å²) in [6.45, 7) is 6.32. The van der Waals surface area contributed by atoms with Crippen molar-refractivity contribution >= 4 is 11.9 Å². The molecule has 4 heteroatoms. The molecule has 0 spiro atoms. The molecule has 0 saturated heterocycles. The van der Waals surface area contributed by atoms with Gasteiger partial charge in [-0.1, -0.05) is 84.6 Å². The molecule has 0 aromatic heterocycles. The fourth-order valence-electron chi connectivity index (χ4n) is 3.32. The van der Waals surface area contributed by atoms with Crippen LogP contribution in [0.15, 0.2) is 18.2 Å². The van der Waals surface area contributed by atoms with Crippen molar-refractivity contribution in [3.05, 3.63) is 23.8 Å². The molecular weight excluding hydrogens is 376 g/mol. The average molecular weight is 419 g/mol. The molecule has 0 saturated carbocycles. The second-order valence-electron chi connectivity index (χ2n) is 8.16. The minimum atomic E-state index is -0.279. The smallest absolute Gasteiger partial charge is 0.311 e. The number of rotatable bonds is 17. The summed E-state index contributed by atoms with van der Waals surface area (Å²) in [5.74, 6) is 0.170. The van der Waals surface area contributed by atoms with Gasteiger partial charge in [-0.2, -0.15) is 0 Å². The summed E-state index contributed by atoms with van der Waals surface area (Å²) in [5.41, 5.74) is 1.12. The highest BCUT2D eigenvalue weighted by molar-refractivity contribution is 5.76. The largest absolute Gasteiger partial charge is 0.423 e. The Kier molecular flexibility index (Phi) is 14.8.